The van der Waals surface area contributed by atoms with Crippen LogP contribution < -0.4 is 4.74 Å². The standard InChI is InChI=1S/C18H20O5/c1-11-14-7-5-13(17(20)21)9-12(14)6-8-15(11)22-10-16(19)23-18(2,3)4/h5-9H,10H2,1-4H3,(H,20,21). The fourth-order valence-corrected chi connectivity index (χ4v) is 2.26. The average molecular weight is 316 g/mol. The molecule has 2 aromatic rings. The first kappa shape index (κ1) is 16.8. The molecule has 0 aliphatic rings. The Labute approximate surface area is 134 Å². The van der Waals surface area contributed by atoms with Gasteiger partial charge in [-0.15, -0.1) is 0 Å². The first-order valence-electron chi connectivity index (χ1n) is 7.29. The van der Waals surface area contributed by atoms with Crippen molar-refractivity contribution in [2.45, 2.75) is 33.3 Å². The number of ether oxygens (including phenoxy) is 2. The largest absolute Gasteiger partial charge is 0.482 e. The first-order chi connectivity index (χ1) is 10.7. The van der Waals surface area contributed by atoms with E-state index in [4.69, 9.17) is 14.6 Å². The van der Waals surface area contributed by atoms with Crippen molar-refractivity contribution in [2.24, 2.45) is 0 Å². The number of fused-ring (bicyclic) bond motifs is 1. The molecule has 2 aromatic carbocycles. The lowest BCUT2D eigenvalue weighted by Gasteiger charge is -2.20. The summed E-state index contributed by atoms with van der Waals surface area (Å²) in [5.74, 6) is -0.820. The molecule has 1 N–H and O–H groups in total. The van der Waals surface area contributed by atoms with Crippen molar-refractivity contribution >= 4 is 22.7 Å². The number of esters is 1. The Balaban J connectivity index is 2.19. The summed E-state index contributed by atoms with van der Waals surface area (Å²) in [7, 11) is 0. The number of carbonyl (C=O) groups excluding carboxylic acids is 1. The number of carboxylic acids is 1. The van der Waals surface area contributed by atoms with E-state index in [-0.39, 0.29) is 12.2 Å². The molecule has 0 aromatic heterocycles. The molecule has 5 nitrogen and oxygen atoms in total. The molecule has 0 saturated heterocycles. The quantitative estimate of drug-likeness (QED) is 0.873. The number of hydrogen-bond acceptors (Lipinski definition) is 4. The number of carbonyl (C=O) groups is 2. The summed E-state index contributed by atoms with van der Waals surface area (Å²) >= 11 is 0. The van der Waals surface area contributed by atoms with Gasteiger partial charge in [-0.3, -0.25) is 0 Å². The smallest absolute Gasteiger partial charge is 0.344 e. The van der Waals surface area contributed by atoms with Crippen molar-refractivity contribution in [3.8, 4) is 5.75 Å². The summed E-state index contributed by atoms with van der Waals surface area (Å²) in [5.41, 5.74) is 0.536. The van der Waals surface area contributed by atoms with Crippen LogP contribution in [0.3, 0.4) is 0 Å². The van der Waals surface area contributed by atoms with Gasteiger partial charge in [-0.05, 0) is 62.2 Å². The molecule has 0 bridgehead atoms. The van der Waals surface area contributed by atoms with E-state index in [0.717, 1.165) is 16.3 Å². The van der Waals surface area contributed by atoms with Crippen molar-refractivity contribution in [1.82, 2.24) is 0 Å². The maximum atomic E-state index is 11.7. The van der Waals surface area contributed by atoms with Crippen LogP contribution in [-0.2, 0) is 9.53 Å². The number of carboxylic acid groups (broad SMARTS) is 1. The van der Waals surface area contributed by atoms with Crippen molar-refractivity contribution in [2.75, 3.05) is 6.61 Å². The summed E-state index contributed by atoms with van der Waals surface area (Å²) in [5, 5.41) is 10.7. The molecular formula is C18H20O5. The minimum Gasteiger partial charge on any atom is -0.482 e. The number of aryl methyl sites for hydroxylation is 1. The van der Waals surface area contributed by atoms with Crippen molar-refractivity contribution < 1.29 is 24.2 Å². The van der Waals surface area contributed by atoms with Gasteiger partial charge >= 0.3 is 11.9 Å². The fraction of sp³-hybridized carbons (Fsp3) is 0.333. The van der Waals surface area contributed by atoms with Crippen LogP contribution in [0.1, 0.15) is 36.7 Å². The van der Waals surface area contributed by atoms with Gasteiger partial charge in [0.1, 0.15) is 11.4 Å². The zero-order valence-electron chi connectivity index (χ0n) is 13.7. The zero-order chi connectivity index (χ0) is 17.2. The van der Waals surface area contributed by atoms with E-state index >= 15 is 0 Å². The van der Waals surface area contributed by atoms with Crippen LogP contribution in [0.15, 0.2) is 30.3 Å². The number of hydrogen-bond donors (Lipinski definition) is 1. The molecular weight excluding hydrogens is 296 g/mol. The normalized spacial score (nSPS) is 11.3. The lowest BCUT2D eigenvalue weighted by atomic mass is 10.0. The summed E-state index contributed by atoms with van der Waals surface area (Å²) in [6, 6.07) is 8.42. The third-order valence-corrected chi connectivity index (χ3v) is 3.25. The van der Waals surface area contributed by atoms with E-state index in [9.17, 15) is 9.59 Å². The van der Waals surface area contributed by atoms with Gasteiger partial charge in [-0.1, -0.05) is 12.1 Å². The van der Waals surface area contributed by atoms with Crippen molar-refractivity contribution in [3.63, 3.8) is 0 Å². The minimum absolute atomic E-state index is 0.170. The predicted molar refractivity (Wildman–Crippen MR) is 87.0 cm³/mol. The third kappa shape index (κ3) is 4.22. The SMILES string of the molecule is Cc1c(OCC(=O)OC(C)(C)C)ccc2cc(C(=O)O)ccc12. The van der Waals surface area contributed by atoms with Crippen LogP contribution in [0.4, 0.5) is 0 Å². The lowest BCUT2D eigenvalue weighted by Crippen LogP contribution is -2.27. The molecule has 0 spiro atoms. The van der Waals surface area contributed by atoms with Gasteiger partial charge < -0.3 is 14.6 Å². The second-order valence-corrected chi connectivity index (χ2v) is 6.30. The Kier molecular flexibility index (Phi) is 4.59. The summed E-state index contributed by atoms with van der Waals surface area (Å²) in [6.07, 6.45) is 0. The zero-order valence-corrected chi connectivity index (χ0v) is 13.7. The van der Waals surface area contributed by atoms with Gasteiger partial charge in [0, 0.05) is 0 Å². The molecule has 0 fully saturated rings. The van der Waals surface area contributed by atoms with Crippen LogP contribution in [0.2, 0.25) is 0 Å². The Morgan fingerprint density at radius 1 is 1.13 bits per heavy atom. The molecule has 122 valence electrons. The molecule has 0 heterocycles. The van der Waals surface area contributed by atoms with Gasteiger partial charge in [0.25, 0.3) is 0 Å². The molecule has 23 heavy (non-hydrogen) atoms. The summed E-state index contributed by atoms with van der Waals surface area (Å²) in [6.45, 7) is 7.09. The van der Waals surface area contributed by atoms with E-state index in [1.807, 2.05) is 6.92 Å². The molecule has 0 aliphatic heterocycles. The molecule has 0 amide bonds. The van der Waals surface area contributed by atoms with E-state index in [1.54, 1.807) is 51.1 Å². The summed E-state index contributed by atoms with van der Waals surface area (Å²) in [4.78, 5) is 22.7. The van der Waals surface area contributed by atoms with Crippen molar-refractivity contribution in [1.29, 1.82) is 0 Å². The maximum Gasteiger partial charge on any atom is 0.344 e. The van der Waals surface area contributed by atoms with Crippen LogP contribution >= 0.6 is 0 Å². The minimum atomic E-state index is -0.963. The predicted octanol–water partition coefficient (Wildman–Crippen LogP) is 3.57. The van der Waals surface area contributed by atoms with E-state index in [0.29, 0.717) is 5.75 Å². The first-order valence-corrected chi connectivity index (χ1v) is 7.29. The molecule has 0 radical (unpaired) electrons. The number of aromatic carboxylic acids is 1. The topological polar surface area (TPSA) is 72.8 Å². The molecule has 0 saturated carbocycles. The van der Waals surface area contributed by atoms with Crippen LogP contribution in [0, 0.1) is 6.92 Å². The van der Waals surface area contributed by atoms with Crippen LogP contribution in [0.5, 0.6) is 5.75 Å². The fourth-order valence-electron chi connectivity index (χ4n) is 2.26. The Hall–Kier alpha value is -2.56. The molecule has 0 unspecified atom stereocenters. The monoisotopic (exact) mass is 316 g/mol. The van der Waals surface area contributed by atoms with Crippen LogP contribution in [0.25, 0.3) is 10.8 Å². The Morgan fingerprint density at radius 3 is 2.43 bits per heavy atom. The second-order valence-electron chi connectivity index (χ2n) is 6.30. The maximum absolute atomic E-state index is 11.7. The lowest BCUT2D eigenvalue weighted by molar-refractivity contribution is -0.157. The molecule has 5 heteroatoms. The number of benzene rings is 2. The van der Waals surface area contributed by atoms with Gasteiger partial charge in [0.2, 0.25) is 0 Å². The molecule has 0 aliphatic carbocycles. The second kappa shape index (κ2) is 6.28. The van der Waals surface area contributed by atoms with E-state index in [2.05, 4.69) is 0 Å². The average Bonchev–Trinajstić information content (AvgIpc) is 2.44. The Morgan fingerprint density at radius 2 is 1.83 bits per heavy atom. The van der Waals surface area contributed by atoms with Crippen molar-refractivity contribution in [3.05, 3.63) is 41.5 Å². The van der Waals surface area contributed by atoms with Crippen LogP contribution in [-0.4, -0.2) is 29.3 Å². The van der Waals surface area contributed by atoms with Gasteiger partial charge in [-0.25, -0.2) is 9.59 Å². The third-order valence-electron chi connectivity index (χ3n) is 3.25. The van der Waals surface area contributed by atoms with Gasteiger partial charge in [0.05, 0.1) is 5.56 Å². The number of rotatable bonds is 4. The highest BCUT2D eigenvalue weighted by molar-refractivity contribution is 5.96. The van der Waals surface area contributed by atoms with Gasteiger partial charge in [-0.2, -0.15) is 0 Å². The van der Waals surface area contributed by atoms with E-state index in [1.165, 1.54) is 0 Å². The highest BCUT2D eigenvalue weighted by atomic mass is 16.6. The summed E-state index contributed by atoms with van der Waals surface area (Å²) < 4.78 is 10.7. The molecule has 2 rings (SSSR count). The molecule has 0 atom stereocenters. The van der Waals surface area contributed by atoms with E-state index < -0.39 is 17.5 Å². The Bertz CT molecular complexity index is 756. The highest BCUT2D eigenvalue weighted by Crippen LogP contribution is 2.28. The van der Waals surface area contributed by atoms with Gasteiger partial charge in [0.15, 0.2) is 6.61 Å². The highest BCUT2D eigenvalue weighted by Gasteiger charge is 2.17.